The average Bonchev–Trinajstić information content (AvgIpc) is 3.01. The fraction of sp³-hybridized carbons (Fsp3) is 0.500. The molecule has 0 spiro atoms. The molecule has 1 aliphatic carbocycles. The van der Waals surface area contributed by atoms with E-state index in [1.54, 1.807) is 0 Å². The molecular weight excluding hydrogens is 298 g/mol. The van der Waals surface area contributed by atoms with Crippen molar-refractivity contribution in [1.82, 2.24) is 15.5 Å². The van der Waals surface area contributed by atoms with Gasteiger partial charge in [0.05, 0.1) is 11.1 Å². The first-order valence-corrected chi connectivity index (χ1v) is 8.97. The van der Waals surface area contributed by atoms with Gasteiger partial charge in [-0.3, -0.25) is 9.89 Å². The Bertz CT molecular complexity index is 671. The molecule has 1 atom stereocenters. The van der Waals surface area contributed by atoms with Crippen LogP contribution in [0.5, 0.6) is 0 Å². The Kier molecular flexibility index (Phi) is 5.03. The van der Waals surface area contributed by atoms with Gasteiger partial charge in [-0.2, -0.15) is 5.10 Å². The fourth-order valence-corrected chi connectivity index (χ4v) is 3.87. The lowest BCUT2D eigenvalue weighted by Gasteiger charge is -2.37. The third kappa shape index (κ3) is 3.53. The number of aromatic nitrogens is 2. The highest BCUT2D eigenvalue weighted by atomic mass is 16.2. The van der Waals surface area contributed by atoms with Crippen LogP contribution in [0.15, 0.2) is 36.4 Å². The van der Waals surface area contributed by atoms with Crippen LogP contribution in [0.2, 0.25) is 0 Å². The van der Waals surface area contributed by atoms with Gasteiger partial charge in [0.1, 0.15) is 0 Å². The number of H-pyrrole nitrogens is 1. The highest BCUT2D eigenvalue weighted by Gasteiger charge is 2.41. The van der Waals surface area contributed by atoms with E-state index in [1.807, 2.05) is 31.2 Å². The maximum absolute atomic E-state index is 13.2. The predicted molar refractivity (Wildman–Crippen MR) is 95.8 cm³/mol. The number of nitrogens with zero attached hydrogens (tertiary/aromatic N) is 1. The zero-order chi connectivity index (χ0) is 17.0. The van der Waals surface area contributed by atoms with Crippen LogP contribution in [-0.2, 0) is 16.6 Å². The summed E-state index contributed by atoms with van der Waals surface area (Å²) < 4.78 is 0. The second kappa shape index (κ2) is 7.20. The van der Waals surface area contributed by atoms with E-state index < -0.39 is 0 Å². The number of aryl methyl sites for hydroxylation is 1. The molecule has 24 heavy (non-hydrogen) atoms. The lowest BCUT2D eigenvalue weighted by Crippen LogP contribution is -2.49. The molecule has 0 bridgehead atoms. The largest absolute Gasteiger partial charge is 0.352 e. The number of hydrogen-bond donors (Lipinski definition) is 2. The van der Waals surface area contributed by atoms with E-state index in [9.17, 15) is 4.79 Å². The number of amides is 1. The molecule has 3 rings (SSSR count). The van der Waals surface area contributed by atoms with Gasteiger partial charge in [0.2, 0.25) is 5.91 Å². The highest BCUT2D eigenvalue weighted by Crippen LogP contribution is 2.39. The maximum Gasteiger partial charge on any atom is 0.230 e. The molecule has 1 fully saturated rings. The second-order valence-corrected chi connectivity index (χ2v) is 7.13. The summed E-state index contributed by atoms with van der Waals surface area (Å²) in [4.78, 5) is 13.2. The van der Waals surface area contributed by atoms with Crippen molar-refractivity contribution in [3.8, 4) is 0 Å². The van der Waals surface area contributed by atoms with E-state index in [4.69, 9.17) is 0 Å². The molecule has 1 aliphatic rings. The number of aromatic amines is 1. The summed E-state index contributed by atoms with van der Waals surface area (Å²) in [6.07, 6.45) is 6.10. The molecule has 1 amide bonds. The molecule has 0 radical (unpaired) electrons. The molecule has 4 nitrogen and oxygen atoms in total. The minimum absolute atomic E-state index is 0.0720. The van der Waals surface area contributed by atoms with Crippen molar-refractivity contribution in [3.63, 3.8) is 0 Å². The summed E-state index contributed by atoms with van der Waals surface area (Å²) in [5.74, 6) is 0.174. The number of nitrogens with one attached hydrogen (secondary N) is 2. The monoisotopic (exact) mass is 325 g/mol. The van der Waals surface area contributed by atoms with E-state index in [2.05, 4.69) is 34.6 Å². The molecule has 128 valence electrons. The van der Waals surface area contributed by atoms with Gasteiger partial charge in [-0.15, -0.1) is 0 Å². The Labute approximate surface area is 144 Å². The van der Waals surface area contributed by atoms with Crippen molar-refractivity contribution in [2.24, 2.45) is 0 Å². The first-order chi connectivity index (χ1) is 11.6. The molecule has 1 heterocycles. The Balaban J connectivity index is 1.74. The molecule has 0 aliphatic heterocycles. The third-order valence-corrected chi connectivity index (χ3v) is 5.12. The van der Waals surface area contributed by atoms with Crippen LogP contribution in [0.1, 0.15) is 56.0 Å². The fourth-order valence-electron chi connectivity index (χ4n) is 3.87. The van der Waals surface area contributed by atoms with Crippen molar-refractivity contribution in [3.05, 3.63) is 53.3 Å². The van der Waals surface area contributed by atoms with Gasteiger partial charge in [0.25, 0.3) is 0 Å². The van der Waals surface area contributed by atoms with Gasteiger partial charge in [-0.25, -0.2) is 0 Å². The summed E-state index contributed by atoms with van der Waals surface area (Å²) in [7, 11) is 0. The SMILES string of the molecule is Cc1cc(C[C@@H](C)NC(=O)C2(c3ccccc3)CCCCC2)n[nH]1. The van der Waals surface area contributed by atoms with Crippen molar-refractivity contribution >= 4 is 5.91 Å². The normalized spacial score (nSPS) is 18.1. The molecule has 0 unspecified atom stereocenters. The van der Waals surface area contributed by atoms with Crippen molar-refractivity contribution in [2.45, 2.75) is 63.8 Å². The van der Waals surface area contributed by atoms with Crippen LogP contribution in [0.3, 0.4) is 0 Å². The number of carbonyl (C=O) groups excluding carboxylic acids is 1. The number of benzene rings is 1. The topological polar surface area (TPSA) is 57.8 Å². The second-order valence-electron chi connectivity index (χ2n) is 7.13. The van der Waals surface area contributed by atoms with Crippen molar-refractivity contribution in [1.29, 1.82) is 0 Å². The Morgan fingerprint density at radius 3 is 2.58 bits per heavy atom. The molecule has 1 aromatic carbocycles. The standard InChI is InChI=1S/C20H27N3O/c1-15(13-18-14-16(2)22-23-18)21-19(24)20(11-7-4-8-12-20)17-9-5-3-6-10-17/h3,5-6,9-10,14-15H,4,7-8,11-13H2,1-2H3,(H,21,24)(H,22,23)/t15-/m1/s1. The Morgan fingerprint density at radius 1 is 1.25 bits per heavy atom. The van der Waals surface area contributed by atoms with Crippen LogP contribution < -0.4 is 5.32 Å². The summed E-state index contributed by atoms with van der Waals surface area (Å²) in [6, 6.07) is 12.4. The molecular formula is C20H27N3O. The van der Waals surface area contributed by atoms with E-state index in [1.165, 1.54) is 6.42 Å². The summed E-state index contributed by atoms with van der Waals surface area (Å²) in [5.41, 5.74) is 2.84. The number of hydrogen-bond acceptors (Lipinski definition) is 2. The molecule has 2 aromatic rings. The number of rotatable bonds is 5. The van der Waals surface area contributed by atoms with E-state index in [-0.39, 0.29) is 17.4 Å². The molecule has 1 aromatic heterocycles. The molecule has 4 heteroatoms. The minimum atomic E-state index is -0.366. The molecule has 1 saturated carbocycles. The van der Waals surface area contributed by atoms with Crippen LogP contribution >= 0.6 is 0 Å². The van der Waals surface area contributed by atoms with Crippen LogP contribution in [0, 0.1) is 6.92 Å². The van der Waals surface area contributed by atoms with Gasteiger partial charge in [-0.05, 0) is 38.3 Å². The summed E-state index contributed by atoms with van der Waals surface area (Å²) in [6.45, 7) is 4.05. The smallest absolute Gasteiger partial charge is 0.230 e. The first kappa shape index (κ1) is 16.7. The predicted octanol–water partition coefficient (Wildman–Crippen LogP) is 3.67. The quantitative estimate of drug-likeness (QED) is 0.881. The lowest BCUT2D eigenvalue weighted by atomic mass is 9.68. The summed E-state index contributed by atoms with van der Waals surface area (Å²) >= 11 is 0. The van der Waals surface area contributed by atoms with Crippen LogP contribution in [0.25, 0.3) is 0 Å². The Morgan fingerprint density at radius 2 is 1.96 bits per heavy atom. The molecule has 0 saturated heterocycles. The first-order valence-electron chi connectivity index (χ1n) is 8.97. The van der Waals surface area contributed by atoms with Crippen LogP contribution in [0.4, 0.5) is 0 Å². The highest BCUT2D eigenvalue weighted by molar-refractivity contribution is 5.88. The van der Waals surface area contributed by atoms with Crippen molar-refractivity contribution in [2.75, 3.05) is 0 Å². The zero-order valence-electron chi connectivity index (χ0n) is 14.6. The van der Waals surface area contributed by atoms with Crippen molar-refractivity contribution < 1.29 is 4.79 Å². The third-order valence-electron chi connectivity index (χ3n) is 5.12. The minimum Gasteiger partial charge on any atom is -0.352 e. The van der Waals surface area contributed by atoms with Gasteiger partial charge < -0.3 is 5.32 Å². The summed E-state index contributed by atoms with van der Waals surface area (Å²) in [5, 5.41) is 10.5. The maximum atomic E-state index is 13.2. The lowest BCUT2D eigenvalue weighted by molar-refractivity contribution is -0.128. The zero-order valence-corrected chi connectivity index (χ0v) is 14.6. The Hall–Kier alpha value is -2.10. The average molecular weight is 325 g/mol. The van der Waals surface area contributed by atoms with Gasteiger partial charge in [0, 0.05) is 18.2 Å². The molecule has 2 N–H and O–H groups in total. The van der Waals surface area contributed by atoms with E-state index in [0.717, 1.165) is 49.1 Å². The van der Waals surface area contributed by atoms with Gasteiger partial charge in [0.15, 0.2) is 0 Å². The van der Waals surface area contributed by atoms with Gasteiger partial charge in [-0.1, -0.05) is 49.6 Å². The van der Waals surface area contributed by atoms with E-state index >= 15 is 0 Å². The van der Waals surface area contributed by atoms with E-state index in [0.29, 0.717) is 0 Å². The number of carbonyl (C=O) groups is 1. The van der Waals surface area contributed by atoms with Crippen LogP contribution in [-0.4, -0.2) is 22.1 Å². The van der Waals surface area contributed by atoms with Gasteiger partial charge >= 0.3 is 0 Å².